The molecule has 16 heavy (non-hydrogen) atoms. The standard InChI is InChI=1S/C9H14F6O/c1-2-3-4-5-16-9(14,15)7(10)6-8(11,12)13/h7H,2-6H2,1H3. The Balaban J connectivity index is 4.00. The second kappa shape index (κ2) is 6.32. The predicted octanol–water partition coefficient (Wildman–Crippen LogP) is 4.08. The minimum Gasteiger partial charge on any atom is -0.318 e. The molecule has 98 valence electrons. The van der Waals surface area contributed by atoms with Crippen LogP contribution in [0.2, 0.25) is 0 Å². The summed E-state index contributed by atoms with van der Waals surface area (Å²) in [5.41, 5.74) is 0. The molecule has 0 saturated heterocycles. The fraction of sp³-hybridized carbons (Fsp3) is 1.00. The van der Waals surface area contributed by atoms with E-state index < -0.39 is 31.5 Å². The zero-order valence-corrected chi connectivity index (χ0v) is 8.79. The Kier molecular flexibility index (Phi) is 6.14. The lowest BCUT2D eigenvalue weighted by Crippen LogP contribution is -2.36. The van der Waals surface area contributed by atoms with Crippen LogP contribution < -0.4 is 0 Å². The van der Waals surface area contributed by atoms with Gasteiger partial charge < -0.3 is 4.74 Å². The average molecular weight is 252 g/mol. The molecule has 0 saturated carbocycles. The SMILES string of the molecule is CCCCCOC(F)(F)C(F)CC(F)(F)F. The number of ether oxygens (including phenoxy) is 1. The zero-order chi connectivity index (χ0) is 12.8. The molecule has 0 radical (unpaired) electrons. The van der Waals surface area contributed by atoms with Gasteiger partial charge in [0.1, 0.15) is 0 Å². The van der Waals surface area contributed by atoms with E-state index in [0.29, 0.717) is 6.42 Å². The van der Waals surface area contributed by atoms with Crippen LogP contribution in [0, 0.1) is 0 Å². The highest BCUT2D eigenvalue weighted by Crippen LogP contribution is 2.32. The quantitative estimate of drug-likeness (QED) is 0.490. The lowest BCUT2D eigenvalue weighted by molar-refractivity contribution is -0.290. The van der Waals surface area contributed by atoms with Crippen molar-refractivity contribution >= 4 is 0 Å². The van der Waals surface area contributed by atoms with Crippen molar-refractivity contribution in [2.75, 3.05) is 6.61 Å². The molecule has 0 rings (SSSR count). The molecule has 1 atom stereocenters. The topological polar surface area (TPSA) is 9.23 Å². The fourth-order valence-electron chi connectivity index (χ4n) is 0.973. The summed E-state index contributed by atoms with van der Waals surface area (Å²) in [6, 6.07) is 0. The number of rotatable bonds is 7. The number of hydrogen-bond acceptors (Lipinski definition) is 1. The molecule has 0 fully saturated rings. The van der Waals surface area contributed by atoms with Crippen LogP contribution in [0.3, 0.4) is 0 Å². The van der Waals surface area contributed by atoms with Gasteiger partial charge in [-0.1, -0.05) is 19.8 Å². The van der Waals surface area contributed by atoms with Gasteiger partial charge in [0, 0.05) is 0 Å². The fourth-order valence-corrected chi connectivity index (χ4v) is 0.973. The van der Waals surface area contributed by atoms with Crippen LogP contribution in [0.4, 0.5) is 26.3 Å². The first-order valence-electron chi connectivity index (χ1n) is 4.91. The molecule has 0 aliphatic heterocycles. The van der Waals surface area contributed by atoms with Crippen LogP contribution in [-0.4, -0.2) is 25.1 Å². The molecule has 0 spiro atoms. The molecule has 0 bridgehead atoms. The summed E-state index contributed by atoms with van der Waals surface area (Å²) in [4.78, 5) is 0. The van der Waals surface area contributed by atoms with Gasteiger partial charge in [0.2, 0.25) is 0 Å². The molecule has 0 aromatic rings. The van der Waals surface area contributed by atoms with E-state index in [0.717, 1.165) is 6.42 Å². The summed E-state index contributed by atoms with van der Waals surface area (Å²) in [5.74, 6) is 0. The van der Waals surface area contributed by atoms with Crippen molar-refractivity contribution < 1.29 is 31.1 Å². The van der Waals surface area contributed by atoms with Gasteiger partial charge in [-0.25, -0.2) is 4.39 Å². The monoisotopic (exact) mass is 252 g/mol. The van der Waals surface area contributed by atoms with E-state index >= 15 is 0 Å². The Bertz CT molecular complexity index is 191. The smallest absolute Gasteiger partial charge is 0.318 e. The second-order valence-corrected chi connectivity index (χ2v) is 3.40. The van der Waals surface area contributed by atoms with Gasteiger partial charge in [-0.2, -0.15) is 22.0 Å². The van der Waals surface area contributed by atoms with Gasteiger partial charge in [0.25, 0.3) is 0 Å². The highest BCUT2D eigenvalue weighted by Gasteiger charge is 2.47. The van der Waals surface area contributed by atoms with E-state index in [1.54, 1.807) is 0 Å². The van der Waals surface area contributed by atoms with E-state index in [4.69, 9.17) is 0 Å². The maximum Gasteiger partial charge on any atom is 0.392 e. The van der Waals surface area contributed by atoms with Gasteiger partial charge in [-0.05, 0) is 6.42 Å². The van der Waals surface area contributed by atoms with Crippen molar-refractivity contribution in [3.63, 3.8) is 0 Å². The maximum atomic E-state index is 12.7. The number of unbranched alkanes of at least 4 members (excludes halogenated alkanes) is 2. The predicted molar refractivity (Wildman–Crippen MR) is 46.0 cm³/mol. The first-order chi connectivity index (χ1) is 7.19. The average Bonchev–Trinajstić information content (AvgIpc) is 2.09. The third-order valence-electron chi connectivity index (χ3n) is 1.82. The van der Waals surface area contributed by atoms with Crippen LogP contribution in [0.15, 0.2) is 0 Å². The van der Waals surface area contributed by atoms with E-state index in [2.05, 4.69) is 4.74 Å². The van der Waals surface area contributed by atoms with E-state index in [1.807, 2.05) is 6.92 Å². The summed E-state index contributed by atoms with van der Waals surface area (Å²) in [6.07, 6.45) is -13.3. The largest absolute Gasteiger partial charge is 0.392 e. The Labute approximate surface area is 89.8 Å². The van der Waals surface area contributed by atoms with E-state index in [1.165, 1.54) is 0 Å². The zero-order valence-electron chi connectivity index (χ0n) is 8.79. The minimum atomic E-state index is -4.96. The lowest BCUT2D eigenvalue weighted by atomic mass is 10.2. The summed E-state index contributed by atoms with van der Waals surface area (Å²) < 4.78 is 76.7. The third-order valence-corrected chi connectivity index (χ3v) is 1.82. The van der Waals surface area contributed by atoms with Crippen molar-refractivity contribution in [3.8, 4) is 0 Å². The molecule has 7 heteroatoms. The van der Waals surface area contributed by atoms with Crippen molar-refractivity contribution in [2.45, 2.75) is 51.1 Å². The first-order valence-corrected chi connectivity index (χ1v) is 4.91. The molecule has 1 unspecified atom stereocenters. The third kappa shape index (κ3) is 6.92. The molecule has 0 aliphatic carbocycles. The number of halogens is 6. The number of alkyl halides is 6. The number of hydrogen-bond donors (Lipinski definition) is 0. The summed E-state index contributed by atoms with van der Waals surface area (Å²) in [5, 5.41) is 0. The molecular formula is C9H14F6O. The molecule has 0 aromatic heterocycles. The van der Waals surface area contributed by atoms with Crippen molar-refractivity contribution in [1.29, 1.82) is 0 Å². The van der Waals surface area contributed by atoms with Crippen LogP contribution in [0.25, 0.3) is 0 Å². The van der Waals surface area contributed by atoms with Crippen molar-refractivity contribution in [3.05, 3.63) is 0 Å². The molecule has 0 aliphatic rings. The second-order valence-electron chi connectivity index (χ2n) is 3.40. The lowest BCUT2D eigenvalue weighted by Gasteiger charge is -2.21. The summed E-state index contributed by atoms with van der Waals surface area (Å²) in [6.45, 7) is 1.37. The van der Waals surface area contributed by atoms with Crippen LogP contribution in [-0.2, 0) is 4.74 Å². The Hall–Kier alpha value is -0.460. The van der Waals surface area contributed by atoms with Gasteiger partial charge >= 0.3 is 12.3 Å². The highest BCUT2D eigenvalue weighted by molar-refractivity contribution is 4.71. The van der Waals surface area contributed by atoms with Gasteiger partial charge in [-0.15, -0.1) is 0 Å². The Morgan fingerprint density at radius 1 is 1.06 bits per heavy atom. The Morgan fingerprint density at radius 3 is 2.06 bits per heavy atom. The van der Waals surface area contributed by atoms with Gasteiger partial charge in [0.05, 0.1) is 13.0 Å². The van der Waals surface area contributed by atoms with Crippen LogP contribution in [0.1, 0.15) is 32.6 Å². The molecule has 0 heterocycles. The normalized spacial score (nSPS) is 15.2. The van der Waals surface area contributed by atoms with E-state index in [9.17, 15) is 26.3 Å². The van der Waals surface area contributed by atoms with Crippen LogP contribution in [0.5, 0.6) is 0 Å². The van der Waals surface area contributed by atoms with Gasteiger partial charge in [-0.3, -0.25) is 0 Å². The summed E-state index contributed by atoms with van der Waals surface area (Å²) in [7, 11) is 0. The molecule has 0 amide bonds. The molecule has 0 N–H and O–H groups in total. The highest BCUT2D eigenvalue weighted by atomic mass is 19.4. The Morgan fingerprint density at radius 2 is 1.62 bits per heavy atom. The first kappa shape index (κ1) is 15.5. The maximum absolute atomic E-state index is 12.7. The van der Waals surface area contributed by atoms with Gasteiger partial charge in [0.15, 0.2) is 6.17 Å². The minimum absolute atomic E-state index is 0.269. The molecule has 1 nitrogen and oxygen atoms in total. The summed E-state index contributed by atoms with van der Waals surface area (Å²) >= 11 is 0. The van der Waals surface area contributed by atoms with Crippen LogP contribution >= 0.6 is 0 Å². The molecular weight excluding hydrogens is 238 g/mol. The van der Waals surface area contributed by atoms with E-state index in [-0.39, 0.29) is 6.42 Å². The molecule has 0 aromatic carbocycles. The van der Waals surface area contributed by atoms with Crippen molar-refractivity contribution in [2.24, 2.45) is 0 Å². The van der Waals surface area contributed by atoms with Crippen molar-refractivity contribution in [1.82, 2.24) is 0 Å².